The van der Waals surface area contributed by atoms with E-state index in [-0.39, 0.29) is 30.8 Å². The number of rotatable bonds is 9. The van der Waals surface area contributed by atoms with E-state index < -0.39 is 0 Å². The molecule has 2 unspecified atom stereocenters. The molecule has 5 heteroatoms. The Morgan fingerprint density at radius 2 is 1.68 bits per heavy atom. The summed E-state index contributed by atoms with van der Waals surface area (Å²) in [7, 11) is 0. The molecule has 5 nitrogen and oxygen atoms in total. The van der Waals surface area contributed by atoms with Gasteiger partial charge in [-0.15, -0.1) is 0 Å². The molecule has 0 aliphatic carbocycles. The van der Waals surface area contributed by atoms with Crippen LogP contribution in [0.25, 0.3) is 0 Å². The summed E-state index contributed by atoms with van der Waals surface area (Å²) in [6.45, 7) is 1.02. The van der Waals surface area contributed by atoms with E-state index in [0.29, 0.717) is 31.7 Å². The minimum atomic E-state index is 0.0332. The predicted octanol–water partition coefficient (Wildman–Crippen LogP) is 0.727. The summed E-state index contributed by atoms with van der Waals surface area (Å²) in [5, 5.41) is 27.5. The van der Waals surface area contributed by atoms with Gasteiger partial charge < -0.3 is 25.8 Å². The van der Waals surface area contributed by atoms with E-state index >= 15 is 0 Å². The number of ether oxygens (including phenoxy) is 1. The van der Waals surface area contributed by atoms with Crippen LogP contribution >= 0.6 is 0 Å². The van der Waals surface area contributed by atoms with Crippen molar-refractivity contribution < 1.29 is 20.1 Å². The van der Waals surface area contributed by atoms with Crippen LogP contribution in [-0.4, -0.2) is 41.7 Å². The molecule has 1 aromatic carbocycles. The molecule has 1 aromatic rings. The van der Waals surface area contributed by atoms with E-state index in [1.807, 2.05) is 0 Å². The third kappa shape index (κ3) is 5.92. The zero-order valence-corrected chi connectivity index (χ0v) is 11.0. The Kier molecular flexibility index (Phi) is 7.25. The molecule has 0 amide bonds. The Morgan fingerprint density at radius 1 is 1.05 bits per heavy atom. The number of hydrogen-bond acceptors (Lipinski definition) is 5. The van der Waals surface area contributed by atoms with Crippen molar-refractivity contribution in [2.45, 2.75) is 12.8 Å². The summed E-state index contributed by atoms with van der Waals surface area (Å²) >= 11 is 0. The number of aliphatic hydroxyl groups excluding tert-OH is 2. The number of nitrogens with two attached hydrogens (primary N) is 1. The molecule has 0 aliphatic heterocycles. The predicted molar refractivity (Wildman–Crippen MR) is 73.0 cm³/mol. The number of aliphatic hydroxyl groups is 2. The maximum Gasteiger partial charge on any atom is 0.119 e. The highest BCUT2D eigenvalue weighted by Gasteiger charge is 2.14. The van der Waals surface area contributed by atoms with E-state index in [0.717, 1.165) is 0 Å². The molecule has 108 valence electrons. The zero-order chi connectivity index (χ0) is 14.1. The molecular formula is C14H23NO4. The lowest BCUT2D eigenvalue weighted by molar-refractivity contribution is 0.144. The third-order valence-corrected chi connectivity index (χ3v) is 3.15. The largest absolute Gasteiger partial charge is 0.508 e. The van der Waals surface area contributed by atoms with Gasteiger partial charge >= 0.3 is 0 Å². The van der Waals surface area contributed by atoms with Crippen molar-refractivity contribution in [3.05, 3.63) is 24.3 Å². The number of aromatic hydroxyl groups is 1. The standard InChI is InChI=1S/C14H23NO4/c15-8-12(10-17)7-11(9-16)5-6-19-14-3-1-13(18)2-4-14/h1-4,11-12,16-18H,5-10,15H2. The monoisotopic (exact) mass is 269 g/mol. The minimum Gasteiger partial charge on any atom is -0.508 e. The molecule has 0 spiro atoms. The highest BCUT2D eigenvalue weighted by molar-refractivity contribution is 5.29. The van der Waals surface area contributed by atoms with Gasteiger partial charge in [-0.25, -0.2) is 0 Å². The molecule has 2 atom stereocenters. The Labute approximate surface area is 113 Å². The summed E-state index contributed by atoms with van der Waals surface area (Å²) < 4.78 is 5.53. The Bertz CT molecular complexity index is 338. The SMILES string of the molecule is NCC(CO)CC(CO)CCOc1ccc(O)cc1. The summed E-state index contributed by atoms with van der Waals surface area (Å²) in [6, 6.07) is 6.52. The highest BCUT2D eigenvalue weighted by Crippen LogP contribution is 2.18. The fourth-order valence-electron chi connectivity index (χ4n) is 1.89. The molecule has 0 heterocycles. The lowest BCUT2D eigenvalue weighted by atomic mass is 9.93. The summed E-state index contributed by atoms with van der Waals surface area (Å²) in [6.07, 6.45) is 1.40. The van der Waals surface area contributed by atoms with Crippen molar-refractivity contribution in [3.63, 3.8) is 0 Å². The van der Waals surface area contributed by atoms with Crippen LogP contribution in [0.2, 0.25) is 0 Å². The molecule has 0 saturated heterocycles. The van der Waals surface area contributed by atoms with Gasteiger partial charge in [0.25, 0.3) is 0 Å². The fraction of sp³-hybridized carbons (Fsp3) is 0.571. The quantitative estimate of drug-likeness (QED) is 0.530. The first-order chi connectivity index (χ1) is 9.19. The van der Waals surface area contributed by atoms with Crippen LogP contribution in [0, 0.1) is 11.8 Å². The Morgan fingerprint density at radius 3 is 2.21 bits per heavy atom. The number of phenolic OH excluding ortho intramolecular Hbond substituents is 1. The van der Waals surface area contributed by atoms with E-state index in [9.17, 15) is 5.11 Å². The van der Waals surface area contributed by atoms with Gasteiger partial charge in [0.1, 0.15) is 11.5 Å². The first kappa shape index (κ1) is 15.8. The number of hydrogen-bond donors (Lipinski definition) is 4. The normalized spacial score (nSPS) is 14.1. The van der Waals surface area contributed by atoms with Gasteiger partial charge in [-0.05, 0) is 55.5 Å². The van der Waals surface area contributed by atoms with Gasteiger partial charge in [0.15, 0.2) is 0 Å². The molecular weight excluding hydrogens is 246 g/mol. The summed E-state index contributed by atoms with van der Waals surface area (Å²) in [5.74, 6) is 1.00. The molecule has 0 aromatic heterocycles. The molecule has 0 fully saturated rings. The van der Waals surface area contributed by atoms with E-state index in [1.54, 1.807) is 24.3 Å². The third-order valence-electron chi connectivity index (χ3n) is 3.15. The maximum atomic E-state index is 9.29. The smallest absolute Gasteiger partial charge is 0.119 e. The van der Waals surface area contributed by atoms with Crippen LogP contribution in [0.5, 0.6) is 11.5 Å². The highest BCUT2D eigenvalue weighted by atomic mass is 16.5. The zero-order valence-electron chi connectivity index (χ0n) is 11.0. The lowest BCUT2D eigenvalue weighted by Crippen LogP contribution is -2.23. The average molecular weight is 269 g/mol. The topological polar surface area (TPSA) is 95.9 Å². The van der Waals surface area contributed by atoms with Crippen LogP contribution in [0.4, 0.5) is 0 Å². The first-order valence-corrected chi connectivity index (χ1v) is 6.53. The van der Waals surface area contributed by atoms with Crippen molar-refractivity contribution >= 4 is 0 Å². The van der Waals surface area contributed by atoms with Gasteiger partial charge in [0, 0.05) is 13.2 Å². The van der Waals surface area contributed by atoms with Gasteiger partial charge in [0.05, 0.1) is 6.61 Å². The lowest BCUT2D eigenvalue weighted by Gasteiger charge is -2.19. The molecule has 0 bridgehead atoms. The minimum absolute atomic E-state index is 0.0332. The van der Waals surface area contributed by atoms with Crippen molar-refractivity contribution in [2.75, 3.05) is 26.4 Å². The van der Waals surface area contributed by atoms with E-state index in [1.165, 1.54) is 0 Å². The second-order valence-electron chi connectivity index (χ2n) is 4.70. The van der Waals surface area contributed by atoms with E-state index in [2.05, 4.69) is 0 Å². The van der Waals surface area contributed by atoms with Crippen molar-refractivity contribution in [2.24, 2.45) is 17.6 Å². The van der Waals surface area contributed by atoms with Crippen molar-refractivity contribution in [3.8, 4) is 11.5 Å². The average Bonchev–Trinajstić information content (AvgIpc) is 2.44. The van der Waals surface area contributed by atoms with Crippen molar-refractivity contribution in [1.82, 2.24) is 0 Å². The van der Waals surface area contributed by atoms with Gasteiger partial charge in [-0.3, -0.25) is 0 Å². The van der Waals surface area contributed by atoms with Crippen LogP contribution in [0.3, 0.4) is 0 Å². The van der Waals surface area contributed by atoms with Crippen molar-refractivity contribution in [1.29, 1.82) is 0 Å². The molecule has 19 heavy (non-hydrogen) atoms. The van der Waals surface area contributed by atoms with Gasteiger partial charge in [-0.2, -0.15) is 0 Å². The summed E-state index contributed by atoms with van der Waals surface area (Å²) in [5.41, 5.74) is 5.52. The Balaban J connectivity index is 2.31. The fourth-order valence-corrected chi connectivity index (χ4v) is 1.89. The Hall–Kier alpha value is -1.30. The number of benzene rings is 1. The van der Waals surface area contributed by atoms with Crippen LogP contribution in [0.1, 0.15) is 12.8 Å². The summed E-state index contributed by atoms with van der Waals surface area (Å²) in [4.78, 5) is 0. The molecule has 1 rings (SSSR count). The van der Waals surface area contributed by atoms with E-state index in [4.69, 9.17) is 20.7 Å². The van der Waals surface area contributed by atoms with Crippen LogP contribution < -0.4 is 10.5 Å². The molecule has 5 N–H and O–H groups in total. The van der Waals surface area contributed by atoms with Crippen LogP contribution in [0.15, 0.2) is 24.3 Å². The molecule has 0 radical (unpaired) electrons. The maximum absolute atomic E-state index is 9.29. The van der Waals surface area contributed by atoms with Gasteiger partial charge in [0.2, 0.25) is 0 Å². The second-order valence-corrected chi connectivity index (χ2v) is 4.70. The first-order valence-electron chi connectivity index (χ1n) is 6.53. The number of phenols is 1. The molecule has 0 aliphatic rings. The molecule has 0 saturated carbocycles. The van der Waals surface area contributed by atoms with Gasteiger partial charge in [-0.1, -0.05) is 0 Å². The van der Waals surface area contributed by atoms with Crippen LogP contribution in [-0.2, 0) is 0 Å². The second kappa shape index (κ2) is 8.74.